The third-order valence-electron chi connectivity index (χ3n) is 3.21. The molecule has 0 aromatic carbocycles. The molecule has 0 aliphatic heterocycles. The highest BCUT2D eigenvalue weighted by Crippen LogP contribution is 2.25. The average molecular weight is 225 g/mol. The van der Waals surface area contributed by atoms with E-state index in [0.29, 0.717) is 6.04 Å². The number of aromatic nitrogens is 2. The number of rotatable bonds is 5. The van der Waals surface area contributed by atoms with Crippen molar-refractivity contribution in [2.45, 2.75) is 46.8 Å². The second-order valence-corrected chi connectivity index (χ2v) is 4.21. The van der Waals surface area contributed by atoms with Crippen molar-refractivity contribution in [3.8, 4) is 0 Å². The van der Waals surface area contributed by atoms with Crippen LogP contribution in [0.1, 0.15) is 38.4 Å². The van der Waals surface area contributed by atoms with Crippen molar-refractivity contribution in [2.24, 2.45) is 7.05 Å². The molecule has 1 heterocycles. The maximum Gasteiger partial charge on any atom is 0.132 e. The highest BCUT2D eigenvalue weighted by atomic mass is 16.3. The molecule has 0 aliphatic rings. The minimum Gasteiger partial charge on any atom is -0.391 e. The van der Waals surface area contributed by atoms with Crippen LogP contribution < -0.4 is 4.90 Å². The molecule has 0 aliphatic carbocycles. The molecule has 1 unspecified atom stereocenters. The van der Waals surface area contributed by atoms with E-state index < -0.39 is 0 Å². The van der Waals surface area contributed by atoms with Crippen molar-refractivity contribution < 1.29 is 5.11 Å². The van der Waals surface area contributed by atoms with E-state index in [1.165, 1.54) is 0 Å². The number of hydrogen-bond acceptors (Lipinski definition) is 3. The number of aryl methyl sites for hydroxylation is 2. The van der Waals surface area contributed by atoms with Gasteiger partial charge in [0.05, 0.1) is 12.3 Å². The molecule has 0 saturated carbocycles. The van der Waals surface area contributed by atoms with Crippen molar-refractivity contribution in [1.29, 1.82) is 0 Å². The molecular formula is C12H23N3O. The van der Waals surface area contributed by atoms with E-state index in [1.54, 1.807) is 0 Å². The van der Waals surface area contributed by atoms with Gasteiger partial charge in [-0.25, -0.2) is 0 Å². The van der Waals surface area contributed by atoms with Gasteiger partial charge in [-0.3, -0.25) is 4.68 Å². The fourth-order valence-corrected chi connectivity index (χ4v) is 2.12. The third kappa shape index (κ3) is 2.21. The van der Waals surface area contributed by atoms with Crippen LogP contribution in [0, 0.1) is 6.92 Å². The molecule has 16 heavy (non-hydrogen) atoms. The number of hydrogen-bond donors (Lipinski definition) is 1. The van der Waals surface area contributed by atoms with Crippen molar-refractivity contribution >= 4 is 5.82 Å². The molecule has 0 radical (unpaired) electrons. The summed E-state index contributed by atoms with van der Waals surface area (Å²) in [6.45, 7) is 9.44. The zero-order valence-corrected chi connectivity index (χ0v) is 11.0. The maximum atomic E-state index is 9.43. The predicted molar refractivity (Wildman–Crippen MR) is 66.6 cm³/mol. The largest absolute Gasteiger partial charge is 0.391 e. The van der Waals surface area contributed by atoms with Crippen LogP contribution in [-0.2, 0) is 13.7 Å². The Morgan fingerprint density at radius 2 is 2.06 bits per heavy atom. The Labute approximate surface area is 97.9 Å². The first-order chi connectivity index (χ1) is 7.56. The first-order valence-corrected chi connectivity index (χ1v) is 5.96. The maximum absolute atomic E-state index is 9.43. The molecule has 4 nitrogen and oxygen atoms in total. The van der Waals surface area contributed by atoms with Crippen LogP contribution in [0.3, 0.4) is 0 Å². The normalized spacial score (nSPS) is 12.9. The Bertz CT molecular complexity index is 346. The fraction of sp³-hybridized carbons (Fsp3) is 0.750. The summed E-state index contributed by atoms with van der Waals surface area (Å²) < 4.78 is 1.87. The Kier molecular flexibility index (Phi) is 4.35. The summed E-state index contributed by atoms with van der Waals surface area (Å²) >= 11 is 0. The van der Waals surface area contributed by atoms with Gasteiger partial charge in [-0.15, -0.1) is 0 Å². The van der Waals surface area contributed by atoms with Crippen LogP contribution in [0.2, 0.25) is 0 Å². The summed E-state index contributed by atoms with van der Waals surface area (Å²) in [6, 6.07) is 0.463. The summed E-state index contributed by atoms with van der Waals surface area (Å²) in [7, 11) is 1.94. The van der Waals surface area contributed by atoms with Gasteiger partial charge >= 0.3 is 0 Å². The SMILES string of the molecule is CCC(C)N(CC)c1c(CO)c(C)nn1C. The van der Waals surface area contributed by atoms with Crippen LogP contribution in [-0.4, -0.2) is 27.5 Å². The summed E-state index contributed by atoms with van der Waals surface area (Å²) in [6.07, 6.45) is 1.09. The second kappa shape index (κ2) is 5.34. The monoisotopic (exact) mass is 225 g/mol. The van der Waals surface area contributed by atoms with Crippen LogP contribution in [0.25, 0.3) is 0 Å². The fourth-order valence-electron chi connectivity index (χ4n) is 2.12. The molecular weight excluding hydrogens is 202 g/mol. The van der Waals surface area contributed by atoms with Crippen molar-refractivity contribution in [3.05, 3.63) is 11.3 Å². The molecule has 0 bridgehead atoms. The van der Waals surface area contributed by atoms with Crippen molar-refractivity contribution in [1.82, 2.24) is 9.78 Å². The minimum absolute atomic E-state index is 0.0575. The molecule has 1 N–H and O–H groups in total. The molecule has 4 heteroatoms. The van der Waals surface area contributed by atoms with Crippen LogP contribution in [0.5, 0.6) is 0 Å². The molecule has 0 fully saturated rings. The lowest BCUT2D eigenvalue weighted by molar-refractivity contribution is 0.281. The van der Waals surface area contributed by atoms with Gasteiger partial charge in [0.25, 0.3) is 0 Å². The van der Waals surface area contributed by atoms with Gasteiger partial charge < -0.3 is 10.0 Å². The summed E-state index contributed by atoms with van der Waals surface area (Å²) in [5.41, 5.74) is 1.87. The smallest absolute Gasteiger partial charge is 0.132 e. The molecule has 1 rings (SSSR count). The molecule has 92 valence electrons. The lowest BCUT2D eigenvalue weighted by atomic mass is 10.2. The summed E-state index contributed by atoms with van der Waals surface area (Å²) in [5, 5.41) is 13.8. The van der Waals surface area contributed by atoms with E-state index in [2.05, 4.69) is 30.8 Å². The van der Waals surface area contributed by atoms with E-state index in [-0.39, 0.29) is 6.61 Å². The van der Waals surface area contributed by atoms with Crippen molar-refractivity contribution in [3.63, 3.8) is 0 Å². The molecule has 0 spiro atoms. The first kappa shape index (κ1) is 13.0. The van der Waals surface area contributed by atoms with Crippen LogP contribution in [0.15, 0.2) is 0 Å². The second-order valence-electron chi connectivity index (χ2n) is 4.21. The highest BCUT2D eigenvalue weighted by Gasteiger charge is 2.20. The zero-order chi connectivity index (χ0) is 12.3. The van der Waals surface area contributed by atoms with Crippen LogP contribution >= 0.6 is 0 Å². The molecule has 0 saturated heterocycles. The Balaban J connectivity index is 3.18. The summed E-state index contributed by atoms with van der Waals surface area (Å²) in [5.74, 6) is 1.05. The number of anilines is 1. The lowest BCUT2D eigenvalue weighted by Crippen LogP contribution is -2.34. The quantitative estimate of drug-likeness (QED) is 0.831. The minimum atomic E-state index is 0.0575. The van der Waals surface area contributed by atoms with E-state index in [4.69, 9.17) is 0 Å². The Morgan fingerprint density at radius 3 is 2.50 bits per heavy atom. The molecule has 1 aromatic heterocycles. The van der Waals surface area contributed by atoms with Gasteiger partial charge in [-0.05, 0) is 27.2 Å². The molecule has 1 atom stereocenters. The van der Waals surface area contributed by atoms with Crippen LogP contribution in [0.4, 0.5) is 5.82 Å². The average Bonchev–Trinajstić information content (AvgIpc) is 2.54. The van der Waals surface area contributed by atoms with E-state index in [9.17, 15) is 5.11 Å². The Hall–Kier alpha value is -1.03. The van der Waals surface area contributed by atoms with Gasteiger partial charge in [0.2, 0.25) is 0 Å². The van der Waals surface area contributed by atoms with E-state index in [1.807, 2.05) is 18.7 Å². The number of aliphatic hydroxyl groups is 1. The molecule has 0 amide bonds. The van der Waals surface area contributed by atoms with Crippen molar-refractivity contribution in [2.75, 3.05) is 11.4 Å². The van der Waals surface area contributed by atoms with Gasteiger partial charge in [0, 0.05) is 25.2 Å². The predicted octanol–water partition coefficient (Wildman–Crippen LogP) is 1.85. The van der Waals surface area contributed by atoms with E-state index in [0.717, 1.165) is 30.0 Å². The topological polar surface area (TPSA) is 41.3 Å². The van der Waals surface area contributed by atoms with Gasteiger partial charge in [0.1, 0.15) is 5.82 Å². The Morgan fingerprint density at radius 1 is 1.44 bits per heavy atom. The highest BCUT2D eigenvalue weighted by molar-refractivity contribution is 5.50. The molecule has 1 aromatic rings. The lowest BCUT2D eigenvalue weighted by Gasteiger charge is -2.30. The van der Waals surface area contributed by atoms with Gasteiger partial charge in [-0.2, -0.15) is 5.10 Å². The van der Waals surface area contributed by atoms with Gasteiger partial charge in [-0.1, -0.05) is 6.92 Å². The summed E-state index contributed by atoms with van der Waals surface area (Å²) in [4.78, 5) is 2.30. The van der Waals surface area contributed by atoms with E-state index >= 15 is 0 Å². The van der Waals surface area contributed by atoms with Gasteiger partial charge in [0.15, 0.2) is 0 Å². The third-order valence-corrected chi connectivity index (χ3v) is 3.21. The zero-order valence-electron chi connectivity index (χ0n) is 11.0. The standard InChI is InChI=1S/C12H23N3O/c1-6-9(3)15(7-2)12-11(8-16)10(4)13-14(12)5/h9,16H,6-8H2,1-5H3. The number of nitrogens with zero attached hydrogens (tertiary/aromatic N) is 3. The first-order valence-electron chi connectivity index (χ1n) is 5.96. The number of aliphatic hydroxyl groups excluding tert-OH is 1.